The van der Waals surface area contributed by atoms with Crippen LogP contribution in [0.25, 0.3) is 0 Å². The SMILES string of the molecule is CC1(C)[C@H](O)CC[C@]2(C)C3CC(=O)[C@@H]4[C@@H]5C[C@@](C)(C=O)[C@@H](OC(=O)c6ccccc6)C[C@]5(C)[C@@H](O)C[C@@]4(C)[C@]3(C)CC[C@@H]12. The van der Waals surface area contributed by atoms with Crippen molar-refractivity contribution >= 4 is 18.0 Å². The van der Waals surface area contributed by atoms with E-state index in [-0.39, 0.29) is 45.9 Å². The Hall–Kier alpha value is -2.05. The van der Waals surface area contributed by atoms with Crippen LogP contribution in [0, 0.1) is 56.2 Å². The molecule has 0 radical (unpaired) electrons. The number of aliphatic hydroxyl groups excluding tert-OH is 2. The van der Waals surface area contributed by atoms with Gasteiger partial charge in [0.2, 0.25) is 0 Å². The smallest absolute Gasteiger partial charge is 0.338 e. The third kappa shape index (κ3) is 4.07. The largest absolute Gasteiger partial charge is 0.458 e. The number of fused-ring (bicyclic) bond motifs is 7. The van der Waals surface area contributed by atoms with Gasteiger partial charge in [0.1, 0.15) is 18.2 Å². The molecule has 0 aliphatic heterocycles. The summed E-state index contributed by atoms with van der Waals surface area (Å²) in [7, 11) is 0. The van der Waals surface area contributed by atoms with E-state index in [9.17, 15) is 24.6 Å². The normalized spacial score (nSPS) is 50.3. The summed E-state index contributed by atoms with van der Waals surface area (Å²) in [6, 6.07) is 8.82. The Bertz CT molecular complexity index is 1310. The number of hydrogen-bond donors (Lipinski definition) is 2. The van der Waals surface area contributed by atoms with Crippen LogP contribution in [-0.4, -0.2) is 46.6 Å². The minimum atomic E-state index is -0.961. The second-order valence-corrected chi connectivity index (χ2v) is 17.1. The number of ether oxygens (including phenoxy) is 1. The highest BCUT2D eigenvalue weighted by molar-refractivity contribution is 5.89. The van der Waals surface area contributed by atoms with E-state index < -0.39 is 34.4 Å². The minimum Gasteiger partial charge on any atom is -0.458 e. The summed E-state index contributed by atoms with van der Waals surface area (Å²) < 4.78 is 6.05. The van der Waals surface area contributed by atoms with Crippen LogP contribution >= 0.6 is 0 Å². The summed E-state index contributed by atoms with van der Waals surface area (Å²) in [5, 5.41) is 23.1. The van der Waals surface area contributed by atoms with Crippen molar-refractivity contribution in [1.82, 2.24) is 0 Å². The van der Waals surface area contributed by atoms with Crippen LogP contribution in [0.3, 0.4) is 0 Å². The third-order valence-corrected chi connectivity index (χ3v) is 14.9. The first-order valence-electron chi connectivity index (χ1n) is 16.6. The lowest BCUT2D eigenvalue weighted by molar-refractivity contribution is -0.265. The molecule has 12 atom stereocenters. The van der Waals surface area contributed by atoms with E-state index in [1.807, 2.05) is 13.0 Å². The van der Waals surface area contributed by atoms with Crippen LogP contribution in [0.1, 0.15) is 110 Å². The molecule has 1 aromatic rings. The topological polar surface area (TPSA) is 101 Å². The lowest BCUT2D eigenvalue weighted by Gasteiger charge is -2.73. The van der Waals surface area contributed by atoms with Crippen LogP contribution < -0.4 is 0 Å². The minimum absolute atomic E-state index is 0.0638. The molecule has 5 saturated carbocycles. The average Bonchev–Trinajstić information content (AvgIpc) is 2.95. The van der Waals surface area contributed by atoms with Gasteiger partial charge >= 0.3 is 5.97 Å². The van der Waals surface area contributed by atoms with E-state index >= 15 is 0 Å². The molecule has 6 rings (SSSR count). The maximum atomic E-state index is 14.6. The van der Waals surface area contributed by atoms with Gasteiger partial charge in [-0.1, -0.05) is 59.7 Å². The maximum Gasteiger partial charge on any atom is 0.338 e. The predicted octanol–water partition coefficient (Wildman–Crippen LogP) is 6.41. The van der Waals surface area contributed by atoms with Crippen molar-refractivity contribution in [3.63, 3.8) is 0 Å². The zero-order valence-electron chi connectivity index (χ0n) is 27.2. The van der Waals surface area contributed by atoms with Crippen LogP contribution in [0.5, 0.6) is 0 Å². The number of hydrogen-bond acceptors (Lipinski definition) is 6. The lowest BCUT2D eigenvalue weighted by Crippen LogP contribution is -2.71. The molecule has 0 amide bonds. The molecule has 6 heteroatoms. The van der Waals surface area contributed by atoms with E-state index in [0.717, 1.165) is 32.0 Å². The van der Waals surface area contributed by atoms with Gasteiger partial charge in [0, 0.05) is 17.8 Å². The van der Waals surface area contributed by atoms with Gasteiger partial charge < -0.3 is 19.7 Å². The lowest BCUT2D eigenvalue weighted by atomic mass is 9.31. The summed E-state index contributed by atoms with van der Waals surface area (Å²) >= 11 is 0. The molecule has 0 bridgehead atoms. The summed E-state index contributed by atoms with van der Waals surface area (Å²) in [5.74, 6) is -0.145. The number of aldehydes is 1. The van der Waals surface area contributed by atoms with Gasteiger partial charge in [-0.05, 0) is 103 Å². The second-order valence-electron chi connectivity index (χ2n) is 17.1. The summed E-state index contributed by atoms with van der Waals surface area (Å²) in [6.45, 7) is 15.4. The number of ketones is 1. The summed E-state index contributed by atoms with van der Waals surface area (Å²) in [5.41, 5.74) is -2.05. The highest BCUT2D eigenvalue weighted by atomic mass is 16.5. The fourth-order valence-corrected chi connectivity index (χ4v) is 12.0. The van der Waals surface area contributed by atoms with E-state index in [2.05, 4.69) is 41.5 Å². The van der Waals surface area contributed by atoms with Crippen molar-refractivity contribution in [2.24, 2.45) is 56.2 Å². The van der Waals surface area contributed by atoms with Crippen LogP contribution in [0.4, 0.5) is 0 Å². The van der Waals surface area contributed by atoms with Gasteiger partial charge in [-0.25, -0.2) is 4.79 Å². The number of benzene rings is 1. The van der Waals surface area contributed by atoms with Gasteiger partial charge in [0.05, 0.1) is 23.2 Å². The fraction of sp³-hybridized carbons (Fsp3) is 0.757. The molecule has 1 unspecified atom stereocenters. The Balaban J connectivity index is 1.36. The van der Waals surface area contributed by atoms with Gasteiger partial charge in [-0.2, -0.15) is 0 Å². The van der Waals surface area contributed by atoms with Gasteiger partial charge in [0.15, 0.2) is 0 Å². The molecule has 0 spiro atoms. The fourth-order valence-electron chi connectivity index (χ4n) is 12.0. The predicted molar refractivity (Wildman–Crippen MR) is 164 cm³/mol. The van der Waals surface area contributed by atoms with Crippen LogP contribution in [-0.2, 0) is 14.3 Å². The summed E-state index contributed by atoms with van der Waals surface area (Å²) in [6.07, 6.45) is 4.64. The van der Waals surface area contributed by atoms with E-state index in [0.29, 0.717) is 37.2 Å². The number of esters is 1. The van der Waals surface area contributed by atoms with Crippen LogP contribution in [0.2, 0.25) is 0 Å². The quantitative estimate of drug-likeness (QED) is 0.311. The Kier molecular flexibility index (Phi) is 7.00. The van der Waals surface area contributed by atoms with Gasteiger partial charge in [-0.3, -0.25) is 4.79 Å². The molecule has 5 aliphatic carbocycles. The van der Waals surface area contributed by atoms with Crippen molar-refractivity contribution in [2.45, 2.75) is 118 Å². The van der Waals surface area contributed by atoms with Crippen LogP contribution in [0.15, 0.2) is 30.3 Å². The monoisotopic (exact) mass is 592 g/mol. The maximum absolute atomic E-state index is 14.6. The molecular formula is C37H52O6. The molecule has 5 aliphatic rings. The second kappa shape index (κ2) is 9.72. The highest BCUT2D eigenvalue weighted by Gasteiger charge is 2.74. The first-order chi connectivity index (χ1) is 20.0. The van der Waals surface area contributed by atoms with Crippen molar-refractivity contribution in [3.05, 3.63) is 35.9 Å². The zero-order valence-corrected chi connectivity index (χ0v) is 27.2. The van der Waals surface area contributed by atoms with Crippen molar-refractivity contribution in [2.75, 3.05) is 0 Å². The molecule has 0 aromatic heterocycles. The van der Waals surface area contributed by atoms with E-state index in [1.165, 1.54) is 0 Å². The number of rotatable bonds is 3. The van der Waals surface area contributed by atoms with Crippen molar-refractivity contribution < 1.29 is 29.3 Å². The Morgan fingerprint density at radius 2 is 1.51 bits per heavy atom. The first kappa shape index (κ1) is 31.0. The van der Waals surface area contributed by atoms with Gasteiger partial charge in [-0.15, -0.1) is 0 Å². The number of Topliss-reactive ketones (excluding diaryl/α,β-unsaturated/α-hetero) is 1. The number of carbonyl (C=O) groups excluding carboxylic acids is 3. The van der Waals surface area contributed by atoms with E-state index in [4.69, 9.17) is 4.74 Å². The Morgan fingerprint density at radius 1 is 0.837 bits per heavy atom. The molecule has 0 heterocycles. The molecule has 0 saturated heterocycles. The molecule has 5 fully saturated rings. The zero-order chi connectivity index (χ0) is 31.4. The standard InChI is InChI=1S/C37H52O6/c1-32(2)25-13-16-36(6)26(34(25,4)15-14-27(32)40)17-24(39)30-23-18-33(3,21-38)29(43-31(42)22-11-9-8-10-12-22)20-35(23,5)28(41)19-37(30,36)7/h8-12,21,23,25-30,40-41H,13-20H2,1-7H3/t23-,25-,26?,27+,28-,29-,30-,33-,34-,35-,36+,37+/m0/s1. The Morgan fingerprint density at radius 3 is 2.16 bits per heavy atom. The molecular weight excluding hydrogens is 540 g/mol. The number of carbonyl (C=O) groups is 3. The highest BCUT2D eigenvalue weighted by Crippen LogP contribution is 2.76. The third-order valence-electron chi connectivity index (χ3n) is 14.9. The molecule has 236 valence electrons. The first-order valence-corrected chi connectivity index (χ1v) is 16.6. The number of aliphatic hydroxyl groups is 2. The van der Waals surface area contributed by atoms with Gasteiger partial charge in [0.25, 0.3) is 0 Å². The van der Waals surface area contributed by atoms with E-state index in [1.54, 1.807) is 24.3 Å². The molecule has 2 N–H and O–H groups in total. The van der Waals surface area contributed by atoms with Crippen molar-refractivity contribution in [3.8, 4) is 0 Å². The Labute approximate surface area is 257 Å². The summed E-state index contributed by atoms with van der Waals surface area (Å²) in [4.78, 5) is 40.6. The van der Waals surface area contributed by atoms with Crippen molar-refractivity contribution in [1.29, 1.82) is 0 Å². The molecule has 43 heavy (non-hydrogen) atoms. The molecule has 1 aromatic carbocycles. The average molecular weight is 593 g/mol. The molecule has 6 nitrogen and oxygen atoms in total.